The van der Waals surface area contributed by atoms with Crippen LogP contribution >= 0.6 is 0 Å². The van der Waals surface area contributed by atoms with Crippen molar-refractivity contribution in [2.75, 3.05) is 6.61 Å². The van der Waals surface area contributed by atoms with Crippen LogP contribution in [0.3, 0.4) is 0 Å². The van der Waals surface area contributed by atoms with Crippen molar-refractivity contribution in [2.45, 2.75) is 19.8 Å². The second-order valence-electron chi connectivity index (χ2n) is 2.93. The summed E-state index contributed by atoms with van der Waals surface area (Å²) in [7, 11) is 0. The SMILES string of the molecule is C#CCOc1cnc(C(C)C)cn1. The summed E-state index contributed by atoms with van der Waals surface area (Å²) in [5.41, 5.74) is 0.952. The van der Waals surface area contributed by atoms with Crippen LogP contribution in [0.5, 0.6) is 5.88 Å². The van der Waals surface area contributed by atoms with E-state index in [0.29, 0.717) is 11.8 Å². The Morgan fingerprint density at radius 3 is 2.69 bits per heavy atom. The molecule has 0 aliphatic carbocycles. The Kier molecular flexibility index (Phi) is 3.27. The molecule has 1 heterocycles. The maximum Gasteiger partial charge on any atom is 0.233 e. The lowest BCUT2D eigenvalue weighted by atomic mass is 10.1. The van der Waals surface area contributed by atoms with Gasteiger partial charge in [-0.15, -0.1) is 6.42 Å². The topological polar surface area (TPSA) is 35.0 Å². The van der Waals surface area contributed by atoms with Gasteiger partial charge in [-0.1, -0.05) is 19.8 Å². The summed E-state index contributed by atoms with van der Waals surface area (Å²) in [5.74, 6) is 3.22. The van der Waals surface area contributed by atoms with Crippen LogP contribution in [-0.4, -0.2) is 16.6 Å². The van der Waals surface area contributed by atoms with Gasteiger partial charge in [0.1, 0.15) is 0 Å². The molecule has 0 aliphatic heterocycles. The van der Waals surface area contributed by atoms with Crippen LogP contribution in [-0.2, 0) is 0 Å². The molecule has 0 unspecified atom stereocenters. The van der Waals surface area contributed by atoms with Gasteiger partial charge < -0.3 is 4.74 Å². The minimum Gasteiger partial charge on any atom is -0.463 e. The van der Waals surface area contributed by atoms with Crippen LogP contribution in [0.25, 0.3) is 0 Å². The molecule has 68 valence electrons. The van der Waals surface area contributed by atoms with Gasteiger partial charge in [0.25, 0.3) is 0 Å². The molecule has 1 aromatic heterocycles. The predicted molar refractivity (Wildman–Crippen MR) is 50.4 cm³/mol. The van der Waals surface area contributed by atoms with Crippen LogP contribution in [0, 0.1) is 12.3 Å². The number of hydrogen-bond acceptors (Lipinski definition) is 3. The highest BCUT2D eigenvalue weighted by molar-refractivity contribution is 5.10. The van der Waals surface area contributed by atoms with Crippen molar-refractivity contribution >= 4 is 0 Å². The first-order valence-corrected chi connectivity index (χ1v) is 4.12. The lowest BCUT2D eigenvalue weighted by Gasteiger charge is -2.04. The molecule has 0 radical (unpaired) electrons. The van der Waals surface area contributed by atoms with Gasteiger partial charge in [-0.05, 0) is 5.92 Å². The Morgan fingerprint density at radius 1 is 1.46 bits per heavy atom. The molecule has 3 heteroatoms. The van der Waals surface area contributed by atoms with Crippen LogP contribution in [0.2, 0.25) is 0 Å². The summed E-state index contributed by atoms with van der Waals surface area (Å²) in [5, 5.41) is 0. The standard InChI is InChI=1S/C10H12N2O/c1-4-5-13-10-7-11-9(6-12-10)8(2)3/h1,6-8H,5H2,2-3H3. The van der Waals surface area contributed by atoms with Crippen molar-refractivity contribution in [1.29, 1.82) is 0 Å². The van der Waals surface area contributed by atoms with Gasteiger partial charge in [0, 0.05) is 0 Å². The lowest BCUT2D eigenvalue weighted by Crippen LogP contribution is -1.99. The smallest absolute Gasteiger partial charge is 0.233 e. The van der Waals surface area contributed by atoms with E-state index in [4.69, 9.17) is 11.2 Å². The molecule has 13 heavy (non-hydrogen) atoms. The maximum absolute atomic E-state index is 5.08. The Morgan fingerprint density at radius 2 is 2.23 bits per heavy atom. The third-order valence-electron chi connectivity index (χ3n) is 1.54. The molecule has 3 nitrogen and oxygen atoms in total. The van der Waals surface area contributed by atoms with E-state index in [0.717, 1.165) is 5.69 Å². The van der Waals surface area contributed by atoms with E-state index >= 15 is 0 Å². The van der Waals surface area contributed by atoms with Gasteiger partial charge in [-0.2, -0.15) is 0 Å². The van der Waals surface area contributed by atoms with E-state index in [2.05, 4.69) is 29.7 Å². The number of ether oxygens (including phenoxy) is 1. The molecular weight excluding hydrogens is 164 g/mol. The summed E-state index contributed by atoms with van der Waals surface area (Å²) in [6.45, 7) is 4.35. The third-order valence-corrected chi connectivity index (χ3v) is 1.54. The second-order valence-corrected chi connectivity index (χ2v) is 2.93. The minimum atomic E-state index is 0.232. The van der Waals surface area contributed by atoms with Crippen molar-refractivity contribution < 1.29 is 4.74 Å². The normalized spacial score (nSPS) is 9.69. The molecule has 0 amide bonds. The first-order chi connectivity index (χ1) is 6.24. The average molecular weight is 176 g/mol. The molecular formula is C10H12N2O. The van der Waals surface area contributed by atoms with Gasteiger partial charge in [0.2, 0.25) is 5.88 Å². The second kappa shape index (κ2) is 4.46. The maximum atomic E-state index is 5.08. The van der Waals surface area contributed by atoms with E-state index < -0.39 is 0 Å². The Balaban J connectivity index is 2.65. The van der Waals surface area contributed by atoms with Gasteiger partial charge in [0.15, 0.2) is 6.61 Å². The van der Waals surface area contributed by atoms with E-state index in [1.807, 2.05) is 0 Å². The molecule has 0 N–H and O–H groups in total. The summed E-state index contributed by atoms with van der Waals surface area (Å²) in [4.78, 5) is 8.23. The summed E-state index contributed by atoms with van der Waals surface area (Å²) < 4.78 is 5.08. The van der Waals surface area contributed by atoms with E-state index in [1.54, 1.807) is 12.4 Å². The quantitative estimate of drug-likeness (QED) is 0.656. The minimum absolute atomic E-state index is 0.232. The number of nitrogens with zero attached hydrogens (tertiary/aromatic N) is 2. The van der Waals surface area contributed by atoms with Crippen LogP contribution in [0.4, 0.5) is 0 Å². The summed E-state index contributed by atoms with van der Waals surface area (Å²) in [6.07, 6.45) is 8.33. The van der Waals surface area contributed by atoms with E-state index in [-0.39, 0.29) is 6.61 Å². The highest BCUT2D eigenvalue weighted by Gasteiger charge is 2.01. The van der Waals surface area contributed by atoms with E-state index in [1.165, 1.54) is 0 Å². The first-order valence-electron chi connectivity index (χ1n) is 4.12. The molecule has 0 saturated heterocycles. The first kappa shape index (κ1) is 9.53. The molecule has 1 aromatic rings. The number of terminal acetylenes is 1. The molecule has 0 fully saturated rings. The zero-order valence-electron chi connectivity index (χ0n) is 7.82. The molecule has 0 spiro atoms. The van der Waals surface area contributed by atoms with Crippen molar-refractivity contribution in [2.24, 2.45) is 0 Å². The molecule has 0 aromatic carbocycles. The van der Waals surface area contributed by atoms with Crippen LogP contribution in [0.1, 0.15) is 25.5 Å². The number of rotatable bonds is 3. The van der Waals surface area contributed by atoms with Gasteiger partial charge in [0.05, 0.1) is 18.1 Å². The highest BCUT2D eigenvalue weighted by Crippen LogP contribution is 2.11. The fraction of sp³-hybridized carbons (Fsp3) is 0.400. The van der Waals surface area contributed by atoms with Gasteiger partial charge in [-0.25, -0.2) is 4.98 Å². The van der Waals surface area contributed by atoms with Crippen LogP contribution < -0.4 is 4.74 Å². The third kappa shape index (κ3) is 2.75. The Bertz CT molecular complexity index is 298. The fourth-order valence-corrected chi connectivity index (χ4v) is 0.814. The highest BCUT2D eigenvalue weighted by atomic mass is 16.5. The number of aromatic nitrogens is 2. The zero-order chi connectivity index (χ0) is 9.68. The summed E-state index contributed by atoms with van der Waals surface area (Å²) in [6, 6.07) is 0. The monoisotopic (exact) mass is 176 g/mol. The van der Waals surface area contributed by atoms with Crippen molar-refractivity contribution in [3.8, 4) is 18.2 Å². The molecule has 0 aliphatic rings. The van der Waals surface area contributed by atoms with E-state index in [9.17, 15) is 0 Å². The Hall–Kier alpha value is -1.56. The van der Waals surface area contributed by atoms with Crippen molar-refractivity contribution in [1.82, 2.24) is 9.97 Å². The average Bonchev–Trinajstić information content (AvgIpc) is 2.15. The largest absolute Gasteiger partial charge is 0.463 e. The molecule has 0 atom stereocenters. The zero-order valence-corrected chi connectivity index (χ0v) is 7.82. The molecule has 1 rings (SSSR count). The predicted octanol–water partition coefficient (Wildman–Crippen LogP) is 1.61. The molecule has 0 bridgehead atoms. The van der Waals surface area contributed by atoms with Crippen molar-refractivity contribution in [3.63, 3.8) is 0 Å². The molecule has 0 saturated carbocycles. The number of hydrogen-bond donors (Lipinski definition) is 0. The lowest BCUT2D eigenvalue weighted by molar-refractivity contribution is 0.353. The van der Waals surface area contributed by atoms with Crippen LogP contribution in [0.15, 0.2) is 12.4 Å². The Labute approximate surface area is 78.2 Å². The summed E-state index contributed by atoms with van der Waals surface area (Å²) >= 11 is 0. The van der Waals surface area contributed by atoms with Crippen molar-refractivity contribution in [3.05, 3.63) is 18.1 Å². The van der Waals surface area contributed by atoms with Gasteiger partial charge >= 0.3 is 0 Å². The van der Waals surface area contributed by atoms with Gasteiger partial charge in [-0.3, -0.25) is 4.98 Å². The fourth-order valence-electron chi connectivity index (χ4n) is 0.814.